The first-order valence-corrected chi connectivity index (χ1v) is 15.0. The molecule has 1 amide bonds. The molecule has 3 atom stereocenters. The van der Waals surface area contributed by atoms with Crippen LogP contribution in [0.2, 0.25) is 0 Å². The number of para-hydroxylation sites is 1. The molecule has 210 valence electrons. The molecule has 0 aromatic heterocycles. The molecule has 2 heterocycles. The van der Waals surface area contributed by atoms with Gasteiger partial charge in [-0.25, -0.2) is 13.3 Å². The number of hydrogen-bond donors (Lipinski definition) is 1. The molecular weight excluding hydrogens is 514 g/mol. The summed E-state index contributed by atoms with van der Waals surface area (Å²) in [6.07, 6.45) is 2.31. The first-order chi connectivity index (χ1) is 18.6. The summed E-state index contributed by atoms with van der Waals surface area (Å²) in [5, 5.41) is 3.06. The average molecular weight is 554 g/mol. The summed E-state index contributed by atoms with van der Waals surface area (Å²) in [6, 6.07) is 11.2. The second kappa shape index (κ2) is 12.5. The van der Waals surface area contributed by atoms with Crippen molar-refractivity contribution in [3.8, 4) is 5.75 Å². The van der Waals surface area contributed by atoms with E-state index in [2.05, 4.69) is 22.1 Å². The second-order valence-electron chi connectivity index (χ2n) is 10.9. The van der Waals surface area contributed by atoms with Crippen molar-refractivity contribution in [2.45, 2.75) is 50.6 Å². The number of rotatable bonds is 8. The molecule has 10 heteroatoms. The van der Waals surface area contributed by atoms with Crippen molar-refractivity contribution >= 4 is 27.3 Å². The molecule has 0 radical (unpaired) electrons. The van der Waals surface area contributed by atoms with Crippen molar-refractivity contribution in [1.29, 1.82) is 0 Å². The Morgan fingerprint density at radius 1 is 1.13 bits per heavy atom. The molecule has 0 spiro atoms. The molecule has 1 N–H and O–H groups in total. The lowest BCUT2D eigenvalue weighted by Crippen LogP contribution is -2.59. The number of carbonyl (C=O) groups excluding carboxylic acids is 1. The maximum Gasteiger partial charge on any atom is 0.242 e. The Morgan fingerprint density at radius 2 is 1.85 bits per heavy atom. The van der Waals surface area contributed by atoms with Crippen LogP contribution in [-0.4, -0.2) is 86.9 Å². The van der Waals surface area contributed by atoms with Gasteiger partial charge in [0.25, 0.3) is 0 Å². The Labute approximate surface area is 232 Å². The Kier molecular flexibility index (Phi) is 9.28. The third-order valence-electron chi connectivity index (χ3n) is 7.50. The zero-order valence-corrected chi connectivity index (χ0v) is 24.1. The molecule has 9 nitrogen and oxygen atoms in total. The van der Waals surface area contributed by atoms with Gasteiger partial charge in [-0.15, -0.1) is 0 Å². The normalized spacial score (nSPS) is 23.2. The van der Waals surface area contributed by atoms with Gasteiger partial charge in [0, 0.05) is 37.6 Å². The Bertz CT molecular complexity index is 1310. The molecule has 39 heavy (non-hydrogen) atoms. The minimum absolute atomic E-state index is 0.118. The molecule has 2 saturated heterocycles. The van der Waals surface area contributed by atoms with Gasteiger partial charge in [0.1, 0.15) is 5.75 Å². The predicted octanol–water partition coefficient (Wildman–Crippen LogP) is 3.99. The number of benzene rings is 2. The lowest BCUT2D eigenvalue weighted by atomic mass is 9.99. The van der Waals surface area contributed by atoms with Crippen molar-refractivity contribution in [3.05, 3.63) is 59.4 Å². The number of sulfonamides is 1. The smallest absolute Gasteiger partial charge is 0.242 e. The SMILES string of the molecule is [C-]#[N+]c1cccc(S(=O)(=O)N2[C@H](C)CN(CC(=O)Nc3c(C)cccc3OCC3CCCN(C)C3)C[C@@H]2C)c1. The molecule has 2 fully saturated rings. The largest absolute Gasteiger partial charge is 0.491 e. The standard InChI is InChI=1S/C29H39N5O4S/c1-21-9-6-13-27(38-20-24-10-8-14-32(5)18-24)29(21)31-28(35)19-33-16-22(2)34(23(3)17-33)39(36,37)26-12-7-11-25(15-26)30-4/h6-7,9,11-13,15,22-24H,8,10,14,16-20H2,1-3,5H3,(H,31,35)/t22-,23+,24?. The average Bonchev–Trinajstić information content (AvgIpc) is 2.88. The van der Waals surface area contributed by atoms with E-state index in [1.54, 1.807) is 12.1 Å². The van der Waals surface area contributed by atoms with Crippen molar-refractivity contribution in [2.24, 2.45) is 5.92 Å². The van der Waals surface area contributed by atoms with Gasteiger partial charge in [-0.3, -0.25) is 9.69 Å². The number of ether oxygens (including phenoxy) is 1. The topological polar surface area (TPSA) is 86.5 Å². The molecule has 2 aromatic carbocycles. The third-order valence-corrected chi connectivity index (χ3v) is 9.62. The van der Waals surface area contributed by atoms with Gasteiger partial charge in [-0.2, -0.15) is 4.31 Å². The van der Waals surface area contributed by atoms with E-state index < -0.39 is 10.0 Å². The maximum atomic E-state index is 13.4. The number of nitrogens with zero attached hydrogens (tertiary/aromatic N) is 4. The van der Waals surface area contributed by atoms with E-state index in [0.717, 1.165) is 25.1 Å². The van der Waals surface area contributed by atoms with Gasteiger partial charge < -0.3 is 15.0 Å². The summed E-state index contributed by atoms with van der Waals surface area (Å²) in [7, 11) is -1.65. The van der Waals surface area contributed by atoms with Crippen LogP contribution in [-0.2, 0) is 14.8 Å². The van der Waals surface area contributed by atoms with Crippen LogP contribution in [0.1, 0.15) is 32.3 Å². The summed E-state index contributed by atoms with van der Waals surface area (Å²) in [6.45, 7) is 16.6. The zero-order valence-electron chi connectivity index (χ0n) is 23.3. The van der Waals surface area contributed by atoms with Gasteiger partial charge in [0.05, 0.1) is 30.3 Å². The number of amides is 1. The number of carbonyl (C=O) groups is 1. The summed E-state index contributed by atoms with van der Waals surface area (Å²) >= 11 is 0. The third kappa shape index (κ3) is 6.97. The van der Waals surface area contributed by atoms with Crippen LogP contribution in [0.25, 0.3) is 4.85 Å². The summed E-state index contributed by atoms with van der Waals surface area (Å²) < 4.78 is 34.5. The Morgan fingerprint density at radius 3 is 2.54 bits per heavy atom. The fraction of sp³-hybridized carbons (Fsp3) is 0.517. The number of aryl methyl sites for hydroxylation is 1. The lowest BCUT2D eigenvalue weighted by molar-refractivity contribution is -0.118. The Hall–Kier alpha value is -2.97. The van der Waals surface area contributed by atoms with Gasteiger partial charge >= 0.3 is 0 Å². The van der Waals surface area contributed by atoms with Crippen LogP contribution < -0.4 is 10.1 Å². The highest BCUT2D eigenvalue weighted by atomic mass is 32.2. The van der Waals surface area contributed by atoms with Crippen LogP contribution in [0.15, 0.2) is 47.4 Å². The predicted molar refractivity (Wildman–Crippen MR) is 153 cm³/mol. The second-order valence-corrected chi connectivity index (χ2v) is 12.8. The van der Waals surface area contributed by atoms with Gasteiger partial charge in [0.15, 0.2) is 5.69 Å². The number of piperazine rings is 1. The van der Waals surface area contributed by atoms with Crippen LogP contribution in [0.5, 0.6) is 5.75 Å². The highest BCUT2D eigenvalue weighted by Crippen LogP contribution is 2.30. The number of likely N-dealkylation sites (tertiary alicyclic amines) is 1. The molecule has 4 rings (SSSR count). The summed E-state index contributed by atoms with van der Waals surface area (Å²) in [4.78, 5) is 20.9. The van der Waals surface area contributed by atoms with E-state index in [0.29, 0.717) is 37.1 Å². The molecule has 0 saturated carbocycles. The van der Waals surface area contributed by atoms with Crippen molar-refractivity contribution in [3.63, 3.8) is 0 Å². The maximum absolute atomic E-state index is 13.4. The van der Waals surface area contributed by atoms with E-state index in [1.165, 1.54) is 22.9 Å². The van der Waals surface area contributed by atoms with Gasteiger partial charge in [-0.1, -0.05) is 24.3 Å². The zero-order chi connectivity index (χ0) is 28.2. The van der Waals surface area contributed by atoms with Gasteiger partial charge in [-0.05, 0) is 71.0 Å². The van der Waals surface area contributed by atoms with Crippen molar-refractivity contribution in [2.75, 3.05) is 51.7 Å². The van der Waals surface area contributed by atoms with Crippen LogP contribution >= 0.6 is 0 Å². The quantitative estimate of drug-likeness (QED) is 0.498. The van der Waals surface area contributed by atoms with Crippen molar-refractivity contribution < 1.29 is 17.9 Å². The van der Waals surface area contributed by atoms with Gasteiger partial charge in [0.2, 0.25) is 15.9 Å². The summed E-state index contributed by atoms with van der Waals surface area (Å²) in [5.41, 5.74) is 1.91. The Balaban J connectivity index is 1.38. The van der Waals surface area contributed by atoms with Crippen LogP contribution in [0, 0.1) is 19.4 Å². The van der Waals surface area contributed by atoms with E-state index in [-0.39, 0.29) is 35.1 Å². The molecule has 2 aromatic rings. The van der Waals surface area contributed by atoms with Crippen molar-refractivity contribution in [1.82, 2.24) is 14.1 Å². The molecule has 0 aliphatic carbocycles. The number of nitrogens with one attached hydrogen (secondary N) is 1. The minimum atomic E-state index is -3.78. The lowest BCUT2D eigenvalue weighted by Gasteiger charge is -2.43. The molecule has 2 aliphatic heterocycles. The van der Waals surface area contributed by atoms with Crippen LogP contribution in [0.3, 0.4) is 0 Å². The number of hydrogen-bond acceptors (Lipinski definition) is 6. The first-order valence-electron chi connectivity index (χ1n) is 13.5. The fourth-order valence-electron chi connectivity index (χ4n) is 5.78. The fourth-order valence-corrected chi connectivity index (χ4v) is 7.62. The van der Waals surface area contributed by atoms with E-state index in [1.807, 2.05) is 43.9 Å². The monoisotopic (exact) mass is 553 g/mol. The molecule has 1 unspecified atom stereocenters. The number of anilines is 1. The number of piperidine rings is 1. The summed E-state index contributed by atoms with van der Waals surface area (Å²) in [5.74, 6) is 0.982. The minimum Gasteiger partial charge on any atom is -0.491 e. The van der Waals surface area contributed by atoms with E-state index in [4.69, 9.17) is 11.3 Å². The molecule has 0 bridgehead atoms. The van der Waals surface area contributed by atoms with E-state index >= 15 is 0 Å². The highest BCUT2D eigenvalue weighted by molar-refractivity contribution is 7.89. The van der Waals surface area contributed by atoms with Crippen LogP contribution in [0.4, 0.5) is 11.4 Å². The molecule has 2 aliphatic rings. The van der Waals surface area contributed by atoms with E-state index in [9.17, 15) is 13.2 Å². The highest BCUT2D eigenvalue weighted by Gasteiger charge is 2.39. The molecular formula is C29H39N5O4S. The first kappa shape index (κ1) is 29.0.